The van der Waals surface area contributed by atoms with Crippen LogP contribution in [0.1, 0.15) is 6.42 Å². The minimum atomic E-state index is 0.413. The van der Waals surface area contributed by atoms with Gasteiger partial charge in [0.2, 0.25) is 0 Å². The third-order valence-corrected chi connectivity index (χ3v) is 0.311. The lowest BCUT2D eigenvalue weighted by Gasteiger charge is -1.79. The van der Waals surface area contributed by atoms with E-state index in [1.165, 1.54) is 6.54 Å². The first-order valence-corrected chi connectivity index (χ1v) is 1.60. The van der Waals surface area contributed by atoms with Crippen LogP contribution in [0.4, 0.5) is 0 Å². The van der Waals surface area contributed by atoms with E-state index in [1.807, 2.05) is 0 Å². The summed E-state index contributed by atoms with van der Waals surface area (Å²) in [4.78, 5) is 0. The van der Waals surface area contributed by atoms with Crippen LogP contribution in [0.15, 0.2) is 0 Å². The second-order valence-electron chi connectivity index (χ2n) is 0.774. The van der Waals surface area contributed by atoms with Gasteiger partial charge in [0.15, 0.2) is 0 Å². The van der Waals surface area contributed by atoms with E-state index in [0.717, 1.165) is 0 Å². The Morgan fingerprint density at radius 3 is 2.40 bits per heavy atom. The lowest BCUT2D eigenvalue weighted by atomic mass is 10.4. The van der Waals surface area contributed by atoms with E-state index < -0.39 is 0 Å². The Kier molecular flexibility index (Phi) is 3.86. The van der Waals surface area contributed by atoms with Crippen LogP contribution >= 0.6 is 0 Å². The van der Waals surface area contributed by atoms with E-state index in [2.05, 4.69) is 0 Å². The summed E-state index contributed by atoms with van der Waals surface area (Å²) in [6.45, 7) is 1.91. The number of hydrogen-bond donors (Lipinski definition) is 1. The molecule has 0 atom stereocenters. The molecular weight excluding hydrogens is 64.0 g/mol. The highest BCUT2D eigenvalue weighted by molar-refractivity contribution is 4.50. The van der Waals surface area contributed by atoms with Gasteiger partial charge in [0.1, 0.15) is 0 Å². The Labute approximate surface area is 32.1 Å². The summed E-state index contributed by atoms with van der Waals surface area (Å²) in [7, 11) is 0. The van der Waals surface area contributed by atoms with E-state index in [-0.39, 0.29) is 0 Å². The van der Waals surface area contributed by atoms with Crippen LogP contribution in [0.5, 0.6) is 0 Å². The van der Waals surface area contributed by atoms with Gasteiger partial charge in [0, 0.05) is 13.1 Å². The Balaban J connectivity index is 2.19. The Morgan fingerprint density at radius 1 is 1.80 bits per heavy atom. The van der Waals surface area contributed by atoms with E-state index in [1.54, 1.807) is 0 Å². The molecule has 0 aliphatic carbocycles. The molecule has 5 heavy (non-hydrogen) atoms. The lowest BCUT2D eigenvalue weighted by molar-refractivity contribution is 0.908. The molecule has 30 valence electrons. The molecule has 0 saturated heterocycles. The fourth-order valence-corrected chi connectivity index (χ4v) is 0.0833. The summed E-state index contributed by atoms with van der Waals surface area (Å²) in [5, 5.41) is 0. The van der Waals surface area contributed by atoms with Crippen molar-refractivity contribution in [3.8, 4) is 0 Å². The van der Waals surface area contributed by atoms with Gasteiger partial charge >= 0.3 is 0 Å². The van der Waals surface area contributed by atoms with Gasteiger partial charge < -0.3 is 5.73 Å². The van der Waals surface area contributed by atoms with Crippen LogP contribution in [0, 0.1) is 6.54 Å². The van der Waals surface area contributed by atoms with Crippen molar-refractivity contribution in [1.82, 2.24) is 5.73 Å². The van der Waals surface area contributed by atoms with E-state index >= 15 is 0 Å². The van der Waals surface area contributed by atoms with Crippen LogP contribution in [0.2, 0.25) is 0 Å². The van der Waals surface area contributed by atoms with Crippen LogP contribution in [0.25, 0.3) is 0 Å². The van der Waals surface area contributed by atoms with Gasteiger partial charge in [-0.25, -0.2) is 0 Å². The number of rotatable bonds is 2. The summed E-state index contributed by atoms with van der Waals surface area (Å²) in [5.41, 5.74) is 11.4. The summed E-state index contributed by atoms with van der Waals surface area (Å²) >= 11 is 0. The normalized spacial score (nSPS) is 8.40. The zero-order valence-electron chi connectivity index (χ0n) is 3.07. The predicted octanol–water partition coefficient (Wildman–Crippen LogP) is -0.220. The lowest BCUT2D eigenvalue weighted by Crippen LogP contribution is -1.93. The molecule has 0 aliphatic rings. The van der Waals surface area contributed by atoms with Crippen molar-refractivity contribution in [3.63, 3.8) is 0 Å². The van der Waals surface area contributed by atoms with Crippen LogP contribution in [-0.4, -0.2) is 6.54 Å². The topological polar surface area (TPSA) is 49.8 Å². The highest BCUT2D eigenvalue weighted by Crippen LogP contribution is 1.67. The Morgan fingerprint density at radius 2 is 2.40 bits per heavy atom. The summed E-state index contributed by atoms with van der Waals surface area (Å²) in [5.74, 6) is 0. The third kappa shape index (κ3) is 3.92. The first-order chi connectivity index (χ1) is 2.41. The summed E-state index contributed by atoms with van der Waals surface area (Å²) in [6.07, 6.45) is 0.708. The number of hydrogen-bond acceptors (Lipinski definition) is 1. The second-order valence-corrected chi connectivity index (χ2v) is 0.774. The van der Waals surface area contributed by atoms with Crippen molar-refractivity contribution in [2.75, 3.05) is 6.54 Å². The van der Waals surface area contributed by atoms with Crippen molar-refractivity contribution < 1.29 is 0 Å². The van der Waals surface area contributed by atoms with Crippen LogP contribution in [-0.2, 0) is 0 Å². The predicted molar refractivity (Wildman–Crippen MR) is 21.1 cm³/mol. The molecular formula is C3H8N2. The number of nitrogens with two attached hydrogens (primary N) is 1. The molecule has 2 heteroatoms. The highest BCUT2D eigenvalue weighted by atomic mass is 14.6. The Hall–Kier alpha value is -0.0800. The maximum Gasteiger partial charge on any atom is 0.0205 e. The van der Waals surface area contributed by atoms with Gasteiger partial charge in [-0.1, -0.05) is 0 Å². The number of nitrogens with one attached hydrogen (secondary N) is 1. The molecule has 0 aliphatic heterocycles. The van der Waals surface area contributed by atoms with Crippen molar-refractivity contribution >= 4 is 0 Å². The molecule has 2 radical (unpaired) electrons. The first-order valence-electron chi connectivity index (χ1n) is 1.60. The second kappa shape index (κ2) is 3.92. The molecule has 0 unspecified atom stereocenters. The molecule has 0 aromatic heterocycles. The standard InChI is InChI=1S/C3H8N2/c4-2-1-3-5/h2,5H,1,3-4H2. The fourth-order valence-electron chi connectivity index (χ4n) is 0.0833. The van der Waals surface area contributed by atoms with Gasteiger partial charge in [0.05, 0.1) is 0 Å². The smallest absolute Gasteiger partial charge is 0.0205 e. The minimum absolute atomic E-state index is 0.413. The summed E-state index contributed by atoms with van der Waals surface area (Å²) in [6, 6.07) is 0. The zero-order valence-corrected chi connectivity index (χ0v) is 3.07. The van der Waals surface area contributed by atoms with Crippen LogP contribution < -0.4 is 11.5 Å². The first kappa shape index (κ1) is 4.92. The maximum absolute atomic E-state index is 6.49. The van der Waals surface area contributed by atoms with E-state index in [9.17, 15) is 0 Å². The Bertz CT molecular complexity index is 12.4. The highest BCUT2D eigenvalue weighted by Gasteiger charge is 1.69. The monoisotopic (exact) mass is 72.1 g/mol. The van der Waals surface area contributed by atoms with Gasteiger partial charge in [-0.05, 0) is 6.42 Å². The maximum atomic E-state index is 6.49. The third-order valence-electron chi connectivity index (χ3n) is 0.311. The molecule has 0 rings (SSSR count). The fraction of sp³-hybridized carbons (Fsp3) is 0.667. The SMILES string of the molecule is [NH]CC[CH]N. The molecule has 3 N–H and O–H groups in total. The van der Waals surface area contributed by atoms with Crippen molar-refractivity contribution in [2.45, 2.75) is 6.42 Å². The summed E-state index contributed by atoms with van der Waals surface area (Å²) < 4.78 is 0. The quantitative estimate of drug-likeness (QED) is 0.481. The minimum Gasteiger partial charge on any atom is -0.326 e. The molecule has 2 nitrogen and oxygen atoms in total. The zero-order chi connectivity index (χ0) is 4.12. The molecule has 0 bridgehead atoms. The molecule has 0 heterocycles. The average Bonchev–Trinajstić information content (AvgIpc) is 1.41. The van der Waals surface area contributed by atoms with Crippen LogP contribution in [0.3, 0.4) is 0 Å². The molecule has 0 aromatic carbocycles. The van der Waals surface area contributed by atoms with Crippen molar-refractivity contribution in [1.29, 1.82) is 0 Å². The van der Waals surface area contributed by atoms with E-state index in [0.29, 0.717) is 13.0 Å². The molecule has 0 spiro atoms. The van der Waals surface area contributed by atoms with Gasteiger partial charge in [0.25, 0.3) is 0 Å². The molecule has 0 aromatic rings. The average molecular weight is 72.1 g/mol. The molecule has 0 fully saturated rings. The van der Waals surface area contributed by atoms with Crippen molar-refractivity contribution in [3.05, 3.63) is 6.54 Å². The van der Waals surface area contributed by atoms with Gasteiger partial charge in [-0.2, -0.15) is 0 Å². The van der Waals surface area contributed by atoms with E-state index in [4.69, 9.17) is 11.5 Å². The molecule has 0 amide bonds. The van der Waals surface area contributed by atoms with Crippen molar-refractivity contribution in [2.24, 2.45) is 5.73 Å². The largest absolute Gasteiger partial charge is 0.326 e. The van der Waals surface area contributed by atoms with Gasteiger partial charge in [-0.15, -0.1) is 0 Å². The van der Waals surface area contributed by atoms with Gasteiger partial charge in [-0.3, -0.25) is 5.73 Å². The molecule has 0 saturated carbocycles.